The number of carbonyl (C=O) groups excluding carboxylic acids is 1. The molecule has 0 spiro atoms. The second-order valence-electron chi connectivity index (χ2n) is 12.2. The van der Waals surface area contributed by atoms with Crippen LogP contribution in [-0.2, 0) is 4.79 Å². The summed E-state index contributed by atoms with van der Waals surface area (Å²) < 4.78 is 0. The van der Waals surface area contributed by atoms with Crippen LogP contribution in [0.2, 0.25) is 0 Å². The lowest BCUT2D eigenvalue weighted by Crippen LogP contribution is -2.62. The van der Waals surface area contributed by atoms with Gasteiger partial charge in [0.15, 0.2) is 0 Å². The maximum atomic E-state index is 13.5. The molecule has 0 aromatic heterocycles. The van der Waals surface area contributed by atoms with E-state index in [1.165, 1.54) is 64.2 Å². The van der Waals surface area contributed by atoms with E-state index in [4.69, 9.17) is 5.73 Å². The molecule has 8 atom stereocenters. The number of carbonyl (C=O) groups is 1. The van der Waals surface area contributed by atoms with E-state index in [0.29, 0.717) is 24.4 Å². The van der Waals surface area contributed by atoms with Crippen LogP contribution in [-0.4, -0.2) is 19.0 Å². The van der Waals surface area contributed by atoms with Crippen molar-refractivity contribution in [2.75, 3.05) is 13.1 Å². The molecule has 4 aliphatic rings. The lowest BCUT2D eigenvalue weighted by Gasteiger charge is -2.64. The molecule has 4 fully saturated rings. The first-order chi connectivity index (χ1) is 14.3. The molecule has 3 N–H and O–H groups in total. The molecule has 0 aromatic carbocycles. The predicted octanol–water partition coefficient (Wildman–Crippen LogP) is 5.92. The summed E-state index contributed by atoms with van der Waals surface area (Å²) in [6, 6.07) is 0. The topological polar surface area (TPSA) is 55.1 Å². The molecule has 1 unspecified atom stereocenters. The number of fused-ring (bicyclic) bond motifs is 5. The standard InChI is InChI=1S/C27H48N2O/c1-5-8-19(2)21-9-10-22-20-11-16-27(24(30)29-18-17-28)14-7-6-13-26(27,4)23(20)12-15-25(21,22)3/h19-23H,5-18,28H2,1-4H3,(H,29,30)/t19-,20+,21-,22+,23+,25-,26-,27?/m1/s1. The Morgan fingerprint density at radius 1 is 1.03 bits per heavy atom. The molecule has 4 rings (SSSR count). The summed E-state index contributed by atoms with van der Waals surface area (Å²) >= 11 is 0. The number of rotatable bonds is 6. The van der Waals surface area contributed by atoms with Crippen molar-refractivity contribution in [1.29, 1.82) is 0 Å². The molecular weight excluding hydrogens is 368 g/mol. The van der Waals surface area contributed by atoms with Crippen LogP contribution in [0.3, 0.4) is 0 Å². The van der Waals surface area contributed by atoms with Gasteiger partial charge in [-0.2, -0.15) is 0 Å². The third-order valence-corrected chi connectivity index (χ3v) is 11.2. The third kappa shape index (κ3) is 3.20. The van der Waals surface area contributed by atoms with Crippen LogP contribution >= 0.6 is 0 Å². The summed E-state index contributed by atoms with van der Waals surface area (Å²) in [5, 5.41) is 3.24. The molecule has 0 aliphatic heterocycles. The van der Waals surface area contributed by atoms with E-state index >= 15 is 0 Å². The van der Waals surface area contributed by atoms with E-state index in [1.54, 1.807) is 0 Å². The molecule has 0 radical (unpaired) electrons. The van der Waals surface area contributed by atoms with Gasteiger partial charge >= 0.3 is 0 Å². The normalized spacial score (nSPS) is 46.4. The number of nitrogens with one attached hydrogen (secondary N) is 1. The lowest BCUT2D eigenvalue weighted by molar-refractivity contribution is -0.178. The first kappa shape index (κ1) is 22.6. The van der Waals surface area contributed by atoms with Gasteiger partial charge in [-0.3, -0.25) is 4.79 Å². The van der Waals surface area contributed by atoms with E-state index in [1.807, 2.05) is 0 Å². The Labute approximate surface area is 185 Å². The largest absolute Gasteiger partial charge is 0.354 e. The van der Waals surface area contributed by atoms with Crippen molar-refractivity contribution < 1.29 is 4.79 Å². The monoisotopic (exact) mass is 416 g/mol. The number of hydrogen-bond donors (Lipinski definition) is 2. The molecule has 4 aliphatic carbocycles. The summed E-state index contributed by atoms with van der Waals surface area (Å²) in [5.74, 6) is 4.61. The fourth-order valence-electron chi connectivity index (χ4n) is 9.76. The highest BCUT2D eigenvalue weighted by atomic mass is 16.2. The number of hydrogen-bond acceptors (Lipinski definition) is 2. The van der Waals surface area contributed by atoms with Crippen LogP contribution in [0.4, 0.5) is 0 Å². The van der Waals surface area contributed by atoms with E-state index in [2.05, 4.69) is 33.0 Å². The fourth-order valence-corrected chi connectivity index (χ4v) is 9.76. The zero-order valence-electron chi connectivity index (χ0n) is 20.3. The van der Waals surface area contributed by atoms with Crippen molar-refractivity contribution in [3.8, 4) is 0 Å². The first-order valence-electron chi connectivity index (χ1n) is 13.3. The van der Waals surface area contributed by atoms with Gasteiger partial charge in [0.1, 0.15) is 0 Å². The second-order valence-corrected chi connectivity index (χ2v) is 12.2. The molecule has 0 saturated heterocycles. The van der Waals surface area contributed by atoms with Gasteiger partial charge in [-0.1, -0.05) is 53.4 Å². The molecular formula is C27H48N2O. The lowest BCUT2D eigenvalue weighted by atomic mass is 9.39. The summed E-state index contributed by atoms with van der Waals surface area (Å²) in [6.45, 7) is 11.2. The summed E-state index contributed by atoms with van der Waals surface area (Å²) in [4.78, 5) is 13.5. The molecule has 0 bridgehead atoms. The highest BCUT2D eigenvalue weighted by Crippen LogP contribution is 2.71. The van der Waals surface area contributed by atoms with Gasteiger partial charge in [-0.15, -0.1) is 0 Å². The van der Waals surface area contributed by atoms with Crippen molar-refractivity contribution in [2.24, 2.45) is 51.6 Å². The van der Waals surface area contributed by atoms with Crippen LogP contribution in [0, 0.1) is 45.8 Å². The molecule has 172 valence electrons. The molecule has 1 amide bonds. The minimum Gasteiger partial charge on any atom is -0.354 e. The molecule has 0 heterocycles. The van der Waals surface area contributed by atoms with Crippen molar-refractivity contribution in [1.82, 2.24) is 5.32 Å². The van der Waals surface area contributed by atoms with Crippen molar-refractivity contribution in [3.63, 3.8) is 0 Å². The Morgan fingerprint density at radius 3 is 2.53 bits per heavy atom. The van der Waals surface area contributed by atoms with E-state index < -0.39 is 0 Å². The predicted molar refractivity (Wildman–Crippen MR) is 125 cm³/mol. The zero-order chi connectivity index (χ0) is 21.6. The van der Waals surface area contributed by atoms with Crippen LogP contribution in [0.5, 0.6) is 0 Å². The van der Waals surface area contributed by atoms with Gasteiger partial charge in [0.05, 0.1) is 5.41 Å². The SMILES string of the molecule is CCC[C@@H](C)[C@H]1CC[C@H]2[C@@H]3CCC4(C(=O)NCCN)CCCC[C@]4(C)[C@H]3CC[C@]12C. The van der Waals surface area contributed by atoms with E-state index in [9.17, 15) is 4.79 Å². The minimum absolute atomic E-state index is 0.136. The number of nitrogens with two attached hydrogens (primary N) is 1. The van der Waals surface area contributed by atoms with Gasteiger partial charge in [-0.25, -0.2) is 0 Å². The first-order valence-corrected chi connectivity index (χ1v) is 13.3. The van der Waals surface area contributed by atoms with Crippen molar-refractivity contribution in [2.45, 2.75) is 105 Å². The fraction of sp³-hybridized carbons (Fsp3) is 0.963. The van der Waals surface area contributed by atoms with E-state index in [0.717, 1.165) is 42.4 Å². The highest BCUT2D eigenvalue weighted by molar-refractivity contribution is 5.84. The van der Waals surface area contributed by atoms with Crippen LogP contribution in [0.25, 0.3) is 0 Å². The quantitative estimate of drug-likeness (QED) is 0.565. The van der Waals surface area contributed by atoms with Gasteiger partial charge in [0.2, 0.25) is 5.91 Å². The van der Waals surface area contributed by atoms with Crippen molar-refractivity contribution in [3.05, 3.63) is 0 Å². The molecule has 3 heteroatoms. The molecule has 0 aromatic rings. The van der Waals surface area contributed by atoms with Gasteiger partial charge in [-0.05, 0) is 91.8 Å². The average molecular weight is 417 g/mol. The summed E-state index contributed by atoms with van der Waals surface area (Å²) in [5.41, 5.74) is 6.32. The van der Waals surface area contributed by atoms with Crippen LogP contribution < -0.4 is 11.1 Å². The Balaban J connectivity index is 1.61. The maximum Gasteiger partial charge on any atom is 0.226 e. The minimum atomic E-state index is -0.136. The smallest absolute Gasteiger partial charge is 0.226 e. The highest BCUT2D eigenvalue weighted by Gasteiger charge is 2.66. The average Bonchev–Trinajstić information content (AvgIpc) is 3.09. The maximum absolute atomic E-state index is 13.5. The van der Waals surface area contributed by atoms with Gasteiger partial charge in [0, 0.05) is 13.1 Å². The van der Waals surface area contributed by atoms with Gasteiger partial charge < -0.3 is 11.1 Å². The summed E-state index contributed by atoms with van der Waals surface area (Å²) in [7, 11) is 0. The summed E-state index contributed by atoms with van der Waals surface area (Å²) in [6.07, 6.45) is 15.6. The number of amides is 1. The van der Waals surface area contributed by atoms with Crippen LogP contribution in [0.15, 0.2) is 0 Å². The van der Waals surface area contributed by atoms with Gasteiger partial charge in [0.25, 0.3) is 0 Å². The van der Waals surface area contributed by atoms with E-state index in [-0.39, 0.29) is 10.8 Å². The second kappa shape index (κ2) is 8.41. The zero-order valence-corrected chi connectivity index (χ0v) is 20.3. The van der Waals surface area contributed by atoms with Crippen molar-refractivity contribution >= 4 is 5.91 Å². The third-order valence-electron chi connectivity index (χ3n) is 11.2. The molecule has 30 heavy (non-hydrogen) atoms. The van der Waals surface area contributed by atoms with Crippen LogP contribution in [0.1, 0.15) is 105 Å². The molecule has 3 nitrogen and oxygen atoms in total. The Bertz CT molecular complexity index is 634. The Hall–Kier alpha value is -0.570. The Morgan fingerprint density at radius 2 is 1.80 bits per heavy atom. The Kier molecular flexibility index (Phi) is 6.34. The molecule has 4 saturated carbocycles.